The highest BCUT2D eigenvalue weighted by Gasteiger charge is 2.52. The van der Waals surface area contributed by atoms with Crippen molar-refractivity contribution in [1.29, 1.82) is 0 Å². The van der Waals surface area contributed by atoms with Gasteiger partial charge in [-0.15, -0.1) is 0 Å². The number of ether oxygens (including phenoxy) is 1. The Morgan fingerprint density at radius 3 is 2.60 bits per heavy atom. The van der Waals surface area contributed by atoms with E-state index in [1.54, 1.807) is 66.6 Å². The number of carbonyl (C=O) groups is 2. The van der Waals surface area contributed by atoms with Crippen LogP contribution in [0.3, 0.4) is 0 Å². The van der Waals surface area contributed by atoms with E-state index in [9.17, 15) is 24.6 Å². The van der Waals surface area contributed by atoms with Gasteiger partial charge in [0.25, 0.3) is 11.5 Å². The molecule has 1 aromatic heterocycles. The Kier molecular flexibility index (Phi) is 8.81. The first-order valence-corrected chi connectivity index (χ1v) is 16.7. The first-order chi connectivity index (χ1) is 24.2. The summed E-state index contributed by atoms with van der Waals surface area (Å²) < 4.78 is 6.80. The van der Waals surface area contributed by atoms with E-state index in [0.29, 0.717) is 41.0 Å². The molecule has 2 amide bonds. The van der Waals surface area contributed by atoms with Gasteiger partial charge in [-0.1, -0.05) is 73.7 Å². The van der Waals surface area contributed by atoms with Gasteiger partial charge in [-0.2, -0.15) is 9.78 Å². The van der Waals surface area contributed by atoms with Gasteiger partial charge in [-0.05, 0) is 59.5 Å². The van der Waals surface area contributed by atoms with Crippen molar-refractivity contribution in [3.8, 4) is 11.4 Å². The maximum atomic E-state index is 14.3. The minimum atomic E-state index is -1.93. The maximum Gasteiger partial charge on any atom is 0.279 e. The Morgan fingerprint density at radius 1 is 1.02 bits per heavy atom. The molecule has 0 spiro atoms. The third-order valence-corrected chi connectivity index (χ3v) is 9.93. The first-order valence-electron chi connectivity index (χ1n) is 16.7. The van der Waals surface area contributed by atoms with Crippen LogP contribution in [-0.4, -0.2) is 56.5 Å². The van der Waals surface area contributed by atoms with E-state index in [-0.39, 0.29) is 37.1 Å². The number of benzene rings is 4. The first kappa shape index (κ1) is 32.9. The highest BCUT2D eigenvalue weighted by atomic mass is 16.5. The second kappa shape index (κ2) is 13.4. The molecule has 2 N–H and O–H groups in total. The number of rotatable bonds is 9. The average Bonchev–Trinajstić information content (AvgIpc) is 3.36. The van der Waals surface area contributed by atoms with Crippen LogP contribution >= 0.6 is 0 Å². The minimum Gasteiger partial charge on any atom is -0.497 e. The van der Waals surface area contributed by atoms with Crippen LogP contribution in [0.2, 0.25) is 0 Å². The summed E-state index contributed by atoms with van der Waals surface area (Å²) in [6.45, 7) is 2.16. The largest absolute Gasteiger partial charge is 0.497 e. The van der Waals surface area contributed by atoms with Crippen molar-refractivity contribution in [2.24, 2.45) is 5.92 Å². The van der Waals surface area contributed by atoms with Gasteiger partial charge in [0.15, 0.2) is 5.60 Å². The van der Waals surface area contributed by atoms with Gasteiger partial charge in [0.2, 0.25) is 5.91 Å². The summed E-state index contributed by atoms with van der Waals surface area (Å²) in [6, 6.07) is 27.3. The van der Waals surface area contributed by atoms with Gasteiger partial charge in [-0.25, -0.2) is 0 Å². The molecule has 3 heterocycles. The molecule has 50 heavy (non-hydrogen) atoms. The number of hydrogen-bond acceptors (Lipinski definition) is 7. The van der Waals surface area contributed by atoms with Gasteiger partial charge in [0.05, 0.1) is 49.3 Å². The molecule has 0 radical (unpaired) electrons. The fourth-order valence-electron chi connectivity index (χ4n) is 7.13. The number of aliphatic hydroxyl groups is 2. The molecule has 0 fully saturated rings. The normalized spacial score (nSPS) is 19.1. The summed E-state index contributed by atoms with van der Waals surface area (Å²) in [5.41, 5.74) is 2.24. The summed E-state index contributed by atoms with van der Waals surface area (Å²) in [6.07, 6.45) is 5.67. The molecule has 5 aromatic rings. The van der Waals surface area contributed by atoms with Gasteiger partial charge >= 0.3 is 0 Å². The summed E-state index contributed by atoms with van der Waals surface area (Å²) in [5.74, 6) is -0.868. The Hall–Kier alpha value is -5.58. The van der Waals surface area contributed by atoms with Crippen LogP contribution in [0.5, 0.6) is 5.75 Å². The minimum absolute atomic E-state index is 0.0525. The smallest absolute Gasteiger partial charge is 0.279 e. The highest BCUT2D eigenvalue weighted by Crippen LogP contribution is 2.47. The van der Waals surface area contributed by atoms with Gasteiger partial charge < -0.3 is 24.7 Å². The van der Waals surface area contributed by atoms with E-state index in [4.69, 9.17) is 4.74 Å². The van der Waals surface area contributed by atoms with Gasteiger partial charge in [-0.3, -0.25) is 14.4 Å². The van der Waals surface area contributed by atoms with Crippen LogP contribution in [0.25, 0.3) is 16.5 Å². The van der Waals surface area contributed by atoms with Crippen molar-refractivity contribution < 1.29 is 24.5 Å². The fourth-order valence-corrected chi connectivity index (χ4v) is 7.13. The average molecular weight is 671 g/mol. The lowest BCUT2D eigenvalue weighted by Crippen LogP contribution is -2.46. The number of aliphatic hydroxyl groups excluding tert-OH is 1. The highest BCUT2D eigenvalue weighted by molar-refractivity contribution is 6.07. The predicted molar refractivity (Wildman–Crippen MR) is 190 cm³/mol. The lowest BCUT2D eigenvalue weighted by molar-refractivity contribution is -0.139. The summed E-state index contributed by atoms with van der Waals surface area (Å²) in [7, 11) is 1.52. The second-order valence-corrected chi connectivity index (χ2v) is 12.9. The maximum absolute atomic E-state index is 14.3. The molecular formula is C40H38N4O6. The van der Waals surface area contributed by atoms with E-state index in [1.165, 1.54) is 16.7 Å². The summed E-state index contributed by atoms with van der Waals surface area (Å²) in [5, 5.41) is 27.9. The number of aromatic nitrogens is 2. The zero-order valence-corrected chi connectivity index (χ0v) is 27.9. The molecule has 10 nitrogen and oxygen atoms in total. The molecule has 0 aliphatic carbocycles. The number of nitrogens with zero attached hydrogens (tertiary/aromatic N) is 4. The molecule has 3 atom stereocenters. The topological polar surface area (TPSA) is 125 Å². The summed E-state index contributed by atoms with van der Waals surface area (Å²) in [4.78, 5) is 44.1. The van der Waals surface area contributed by atoms with Crippen molar-refractivity contribution in [3.63, 3.8) is 0 Å². The molecule has 2 aliphatic heterocycles. The Morgan fingerprint density at radius 2 is 1.80 bits per heavy atom. The van der Waals surface area contributed by atoms with Crippen LogP contribution in [-0.2, 0) is 34.7 Å². The molecule has 0 saturated heterocycles. The van der Waals surface area contributed by atoms with Crippen LogP contribution in [0.1, 0.15) is 35.6 Å². The standard InChI is InChI=1S/C40H38N4O6/c1-26(9-7-16-37(46)42-24-30-13-4-3-11-28(30)20-32(42)25-45)40(49)35-21-33(50-2)17-18-36(35)43(39(40)48)23-27-10-8-14-31(19-27)44-38(47)34-15-6-5-12-29(34)22-41-44/h3-15,17-19,21-22,26,32,45,49H,16,20,23-25H2,1-2H3/b9-7+/t26-,32+,40+/m1/s1. The monoisotopic (exact) mass is 670 g/mol. The SMILES string of the molecule is COc1ccc2c(c1)[C@@](O)([C@H](C)/C=C/CC(=O)N1Cc3ccccc3C[C@H]1CO)C(=O)N2Cc1cccc(-n2ncc3ccccc3c2=O)c1. The van der Waals surface area contributed by atoms with Gasteiger partial charge in [0.1, 0.15) is 5.75 Å². The quantitative estimate of drug-likeness (QED) is 0.219. The number of amides is 2. The molecule has 0 saturated carbocycles. The molecule has 4 aromatic carbocycles. The summed E-state index contributed by atoms with van der Waals surface area (Å²) >= 11 is 0. The Labute approximate surface area is 289 Å². The van der Waals surface area contributed by atoms with Crippen LogP contribution in [0.4, 0.5) is 5.69 Å². The number of fused-ring (bicyclic) bond motifs is 3. The molecular weight excluding hydrogens is 632 g/mol. The van der Waals surface area contributed by atoms with Crippen LogP contribution in [0.15, 0.2) is 114 Å². The molecule has 10 heteroatoms. The van der Waals surface area contributed by atoms with E-state index in [2.05, 4.69) is 5.10 Å². The van der Waals surface area contributed by atoms with E-state index in [1.807, 2.05) is 54.6 Å². The van der Waals surface area contributed by atoms with Crippen molar-refractivity contribution in [2.75, 3.05) is 18.6 Å². The third-order valence-electron chi connectivity index (χ3n) is 9.93. The number of carbonyl (C=O) groups excluding carboxylic acids is 2. The zero-order chi connectivity index (χ0) is 35.0. The van der Waals surface area contributed by atoms with Crippen molar-refractivity contribution in [1.82, 2.24) is 14.7 Å². The Bertz CT molecular complexity index is 2190. The zero-order valence-electron chi connectivity index (χ0n) is 27.9. The van der Waals surface area contributed by atoms with Crippen molar-refractivity contribution in [3.05, 3.63) is 142 Å². The molecule has 254 valence electrons. The number of hydrogen-bond donors (Lipinski definition) is 2. The fraction of sp³-hybridized carbons (Fsp3) is 0.250. The van der Waals surface area contributed by atoms with Crippen LogP contribution < -0.4 is 15.2 Å². The number of anilines is 1. The van der Waals surface area contributed by atoms with E-state index >= 15 is 0 Å². The number of methoxy groups -OCH3 is 1. The predicted octanol–water partition coefficient (Wildman–Crippen LogP) is 4.66. The lowest BCUT2D eigenvalue weighted by Gasteiger charge is -2.36. The Balaban J connectivity index is 1.13. The van der Waals surface area contributed by atoms with Crippen molar-refractivity contribution in [2.45, 2.75) is 44.5 Å². The lowest BCUT2D eigenvalue weighted by atomic mass is 9.82. The van der Waals surface area contributed by atoms with Crippen LogP contribution in [0, 0.1) is 5.92 Å². The van der Waals surface area contributed by atoms with Crippen molar-refractivity contribution >= 4 is 28.3 Å². The van der Waals surface area contributed by atoms with E-state index < -0.39 is 17.4 Å². The molecule has 7 rings (SSSR count). The van der Waals surface area contributed by atoms with Gasteiger partial charge in [0, 0.05) is 29.8 Å². The third kappa shape index (κ3) is 5.76. The molecule has 0 bridgehead atoms. The molecule has 0 unspecified atom stereocenters. The second-order valence-electron chi connectivity index (χ2n) is 12.9. The van der Waals surface area contributed by atoms with E-state index in [0.717, 1.165) is 22.1 Å². The molecule has 2 aliphatic rings.